The van der Waals surface area contributed by atoms with Crippen LogP contribution < -0.4 is 5.73 Å². The van der Waals surface area contributed by atoms with Crippen molar-refractivity contribution in [2.45, 2.75) is 61.3 Å². The molecule has 5 aromatic rings. The number of carbonyl (C=O) groups is 1. The molecule has 11 heteroatoms. The second-order valence-corrected chi connectivity index (χ2v) is 11.6. The first kappa shape index (κ1) is 39.3. The Hall–Kier alpha value is -5.19. The third-order valence-electron chi connectivity index (χ3n) is 7.98. The Kier molecular flexibility index (Phi) is 13.7. The Morgan fingerprint density at radius 2 is 1.30 bits per heavy atom. The summed E-state index contributed by atoms with van der Waals surface area (Å²) in [4.78, 5) is 27.2. The second-order valence-electron chi connectivity index (χ2n) is 11.6. The highest BCUT2D eigenvalue weighted by Gasteiger charge is 2.40. The van der Waals surface area contributed by atoms with Crippen molar-refractivity contribution in [1.82, 2.24) is 20.3 Å². The van der Waals surface area contributed by atoms with Crippen LogP contribution in [0, 0.1) is 25.7 Å². The van der Waals surface area contributed by atoms with E-state index < -0.39 is 5.91 Å². The Balaban J connectivity index is 0.00000109. The highest BCUT2D eigenvalue weighted by atomic mass is 35.5. The molecule has 50 heavy (non-hydrogen) atoms. The van der Waals surface area contributed by atoms with Crippen molar-refractivity contribution < 1.29 is 19.3 Å². The Morgan fingerprint density at radius 1 is 0.780 bits per heavy atom. The molecule has 2 aliphatic carbocycles. The molecule has 2 heterocycles. The number of aliphatic imine (C=N–C) groups is 1. The second kappa shape index (κ2) is 17.5. The van der Waals surface area contributed by atoms with Gasteiger partial charge in [-0.3, -0.25) is 4.79 Å². The van der Waals surface area contributed by atoms with E-state index in [0.717, 1.165) is 40.7 Å². The molecule has 1 fully saturated rings. The number of rotatable bonds is 6. The molecule has 1 amide bonds. The molecular weight excluding hydrogens is 652 g/mol. The summed E-state index contributed by atoms with van der Waals surface area (Å²) in [6, 6.07) is 20.8. The molecule has 2 unspecified atom stereocenters. The van der Waals surface area contributed by atoms with Crippen LogP contribution in [0.2, 0.25) is 0 Å². The monoisotopic (exact) mass is 696 g/mol. The number of hydrogen-bond acceptors (Lipinski definition) is 7. The maximum Gasteiger partial charge on any atom is 0.278 e. The van der Waals surface area contributed by atoms with Gasteiger partial charge in [-0.2, -0.15) is 15.0 Å². The summed E-state index contributed by atoms with van der Waals surface area (Å²) in [5, 5.41) is 8.38. The van der Waals surface area contributed by atoms with Crippen molar-refractivity contribution in [3.63, 3.8) is 0 Å². The van der Waals surface area contributed by atoms with Crippen molar-refractivity contribution >= 4 is 24.1 Å². The van der Waals surface area contributed by atoms with Crippen LogP contribution in [0.4, 0.5) is 0 Å². The van der Waals surface area contributed by atoms with Gasteiger partial charge in [0.2, 0.25) is 11.6 Å². The van der Waals surface area contributed by atoms with E-state index >= 15 is 0 Å². The molecule has 10 nitrogen and oxygen atoms in total. The summed E-state index contributed by atoms with van der Waals surface area (Å²) in [7, 11) is 0. The molecule has 1 saturated carbocycles. The first-order chi connectivity index (χ1) is 23.3. The number of aromatic nitrogens is 4. The van der Waals surface area contributed by atoms with E-state index in [4.69, 9.17) is 14.8 Å². The van der Waals surface area contributed by atoms with E-state index in [0.29, 0.717) is 34.6 Å². The van der Waals surface area contributed by atoms with E-state index in [1.54, 1.807) is 18.2 Å². The zero-order chi connectivity index (χ0) is 34.4. The summed E-state index contributed by atoms with van der Waals surface area (Å²) >= 11 is 0. The predicted molar refractivity (Wildman–Crippen MR) is 201 cm³/mol. The third-order valence-corrected chi connectivity index (χ3v) is 7.98. The molecule has 0 saturated heterocycles. The van der Waals surface area contributed by atoms with Crippen LogP contribution >= 0.6 is 12.4 Å². The molecule has 0 spiro atoms. The van der Waals surface area contributed by atoms with Crippen LogP contribution in [0.1, 0.15) is 68.9 Å². The number of benzene rings is 3. The normalized spacial score (nSPS) is 15.9. The number of carbonyl (C=O) groups excluding carboxylic acids is 1. The zero-order valence-electron chi connectivity index (χ0n) is 29.5. The van der Waals surface area contributed by atoms with Gasteiger partial charge in [-0.25, -0.2) is 0 Å². The fourth-order valence-electron chi connectivity index (χ4n) is 5.63. The van der Waals surface area contributed by atoms with Gasteiger partial charge in [0.05, 0.1) is 0 Å². The van der Waals surface area contributed by atoms with Gasteiger partial charge in [0.15, 0.2) is 0 Å². The Bertz CT molecular complexity index is 1920. The number of nitrogens with two attached hydrogens (primary N) is 1. The topological polar surface area (TPSA) is 165 Å². The van der Waals surface area contributed by atoms with Crippen molar-refractivity contribution in [2.75, 3.05) is 0 Å². The van der Waals surface area contributed by atoms with Crippen molar-refractivity contribution in [1.29, 1.82) is 0 Å². The highest BCUT2D eigenvalue weighted by Crippen LogP contribution is 2.47. The first-order valence-corrected chi connectivity index (χ1v) is 16.5. The lowest BCUT2D eigenvalue weighted by atomic mass is 10.0. The molecule has 4 N–H and O–H groups in total. The molecule has 7 rings (SSSR count). The van der Waals surface area contributed by atoms with Crippen LogP contribution in [0.3, 0.4) is 0 Å². The lowest BCUT2D eigenvalue weighted by molar-refractivity contribution is 0.100. The molecule has 0 bridgehead atoms. The van der Waals surface area contributed by atoms with Crippen LogP contribution in [0.5, 0.6) is 0 Å². The molecule has 0 radical (unpaired) electrons. The molecular formula is C39H45ClN6O4. The number of fused-ring (bicyclic) bond motifs is 1. The molecule has 2 aromatic heterocycles. The van der Waals surface area contributed by atoms with Crippen LogP contribution in [0.25, 0.3) is 45.7 Å². The number of allylic oxidation sites excluding steroid dienone is 3. The van der Waals surface area contributed by atoms with Gasteiger partial charge in [0.1, 0.15) is 5.84 Å². The van der Waals surface area contributed by atoms with Gasteiger partial charge in [-0.15, -0.1) is 12.4 Å². The van der Waals surface area contributed by atoms with E-state index in [1.165, 1.54) is 5.57 Å². The van der Waals surface area contributed by atoms with E-state index in [1.807, 2.05) is 90.1 Å². The molecule has 3 aromatic carbocycles. The molecule has 0 aliphatic heterocycles. The number of amides is 1. The third kappa shape index (κ3) is 8.88. The van der Waals surface area contributed by atoms with Gasteiger partial charge in [0.25, 0.3) is 17.7 Å². The molecule has 2 atom stereocenters. The average Bonchev–Trinajstić information content (AvgIpc) is 3.46. The minimum atomic E-state index is -0.491. The quantitative estimate of drug-likeness (QED) is 0.104. The summed E-state index contributed by atoms with van der Waals surface area (Å²) in [6.07, 6.45) is 6.21. The summed E-state index contributed by atoms with van der Waals surface area (Å²) in [6.45, 7) is 14.1. The number of halogens is 1. The van der Waals surface area contributed by atoms with E-state index in [9.17, 15) is 4.79 Å². The summed E-state index contributed by atoms with van der Waals surface area (Å²) in [5.74, 6) is 1.87. The van der Waals surface area contributed by atoms with Gasteiger partial charge in [0, 0.05) is 27.8 Å². The highest BCUT2D eigenvalue weighted by molar-refractivity contribution is 6.09. The summed E-state index contributed by atoms with van der Waals surface area (Å²) in [5.41, 5.74) is 13.8. The van der Waals surface area contributed by atoms with Gasteiger partial charge in [-0.05, 0) is 81.4 Å². The predicted octanol–water partition coefficient (Wildman–Crippen LogP) is 8.80. The van der Waals surface area contributed by atoms with Crippen LogP contribution in [-0.2, 0) is 0 Å². The van der Waals surface area contributed by atoms with E-state index in [-0.39, 0.29) is 41.1 Å². The Morgan fingerprint density at radius 3 is 1.80 bits per heavy atom. The SMILES string of the molecule is CC.CC.CC1=CC2CC2C(C(N)=NC(=O)c2cc(-c3nc(-c4cccc(C)c4)no3)cc(-c3nc(-c4cccc(C)c4)no3)c2)=CC1.Cl.O. The standard InChI is InChI=1S/C35H30N6O3.2C2H6.ClH.H2O/c1-19-6-4-8-22(12-19)31-38-34(43-40-31)26-15-25(33(42)37-30(36)28-11-10-21(3)14-24-18-29(24)28)16-27(17-26)35-39-32(41-44-35)23-9-5-7-20(2)13-23;2*1-2;;/h4-9,11-17,24,29H,10,18H2,1-3H3,(H2,36,37,42);2*1-2H3;1H;1H2. The number of aryl methyl sites for hydroxylation is 2. The minimum absolute atomic E-state index is 0. The van der Waals surface area contributed by atoms with E-state index in [2.05, 4.69) is 44.3 Å². The van der Waals surface area contributed by atoms with Crippen molar-refractivity contribution in [2.24, 2.45) is 22.6 Å². The van der Waals surface area contributed by atoms with Gasteiger partial charge < -0.3 is 20.3 Å². The number of amidine groups is 1. The lowest BCUT2D eigenvalue weighted by Gasteiger charge is -2.07. The van der Waals surface area contributed by atoms with Crippen LogP contribution in [-0.4, -0.2) is 37.5 Å². The first-order valence-electron chi connectivity index (χ1n) is 16.5. The lowest BCUT2D eigenvalue weighted by Crippen LogP contribution is -2.19. The fourth-order valence-corrected chi connectivity index (χ4v) is 5.63. The maximum absolute atomic E-state index is 13.6. The number of nitrogens with zero attached hydrogens (tertiary/aromatic N) is 5. The van der Waals surface area contributed by atoms with Crippen LogP contribution in [0.15, 0.2) is 104 Å². The largest absolute Gasteiger partial charge is 0.412 e. The average molecular weight is 697 g/mol. The fraction of sp³-hybridized carbons (Fsp3) is 0.282. The number of hydrogen-bond donors (Lipinski definition) is 1. The summed E-state index contributed by atoms with van der Waals surface area (Å²) < 4.78 is 11.3. The molecule has 262 valence electrons. The smallest absolute Gasteiger partial charge is 0.278 e. The maximum atomic E-state index is 13.6. The zero-order valence-corrected chi connectivity index (χ0v) is 30.3. The minimum Gasteiger partial charge on any atom is -0.412 e. The Labute approximate surface area is 299 Å². The molecule has 2 aliphatic rings. The van der Waals surface area contributed by atoms with Crippen molar-refractivity contribution in [3.8, 4) is 45.7 Å². The van der Waals surface area contributed by atoms with Crippen molar-refractivity contribution in [3.05, 3.63) is 107 Å². The van der Waals surface area contributed by atoms with Gasteiger partial charge in [-0.1, -0.05) is 103 Å². The van der Waals surface area contributed by atoms with Gasteiger partial charge >= 0.3 is 0 Å².